The molecule has 0 aliphatic heterocycles. The number of anilines is 1. The highest BCUT2D eigenvalue weighted by Crippen LogP contribution is 2.32. The monoisotopic (exact) mass is 394 g/mol. The average molecular weight is 394 g/mol. The van der Waals surface area contributed by atoms with E-state index in [1.54, 1.807) is 18.2 Å². The zero-order valence-corrected chi connectivity index (χ0v) is 15.6. The summed E-state index contributed by atoms with van der Waals surface area (Å²) in [6, 6.07) is 8.72. The molecule has 0 bridgehead atoms. The topological polar surface area (TPSA) is 78.4 Å². The second kappa shape index (κ2) is 7.92. The van der Waals surface area contributed by atoms with E-state index in [1.807, 2.05) is 20.8 Å². The molecule has 0 spiro atoms. The van der Waals surface area contributed by atoms with Crippen molar-refractivity contribution >= 4 is 17.5 Å². The van der Waals surface area contributed by atoms with Crippen molar-refractivity contribution in [3.05, 3.63) is 59.2 Å². The first-order chi connectivity index (χ1) is 12.8. The van der Waals surface area contributed by atoms with Gasteiger partial charge in [-0.25, -0.2) is 0 Å². The highest BCUT2D eigenvalue weighted by atomic mass is 19.4. The molecule has 0 saturated carbocycles. The lowest BCUT2D eigenvalue weighted by Gasteiger charge is -2.20. The van der Waals surface area contributed by atoms with Crippen LogP contribution in [0.3, 0.4) is 0 Å². The van der Waals surface area contributed by atoms with Crippen LogP contribution < -0.4 is 10.6 Å². The minimum atomic E-state index is -4.58. The summed E-state index contributed by atoms with van der Waals surface area (Å²) in [5, 5.41) is 15.1. The van der Waals surface area contributed by atoms with Crippen LogP contribution in [0.4, 0.5) is 18.9 Å². The van der Waals surface area contributed by atoms with Gasteiger partial charge in [0.2, 0.25) is 5.91 Å². The summed E-state index contributed by atoms with van der Waals surface area (Å²) >= 11 is 0. The lowest BCUT2D eigenvalue weighted by Crippen LogP contribution is -2.40. The average Bonchev–Trinajstić information content (AvgIpc) is 2.54. The molecule has 0 unspecified atom stereocenters. The minimum Gasteiger partial charge on any atom is -0.508 e. The van der Waals surface area contributed by atoms with Crippen molar-refractivity contribution in [3.63, 3.8) is 0 Å². The van der Waals surface area contributed by atoms with Gasteiger partial charge in [0.15, 0.2) is 0 Å². The second-order valence-corrected chi connectivity index (χ2v) is 7.35. The minimum absolute atomic E-state index is 0.0622. The number of hydrogen-bond donors (Lipinski definition) is 3. The molecule has 0 aliphatic rings. The third kappa shape index (κ3) is 6.00. The van der Waals surface area contributed by atoms with Crippen molar-refractivity contribution < 1.29 is 27.9 Å². The first-order valence-electron chi connectivity index (χ1n) is 8.47. The Kier molecular flexibility index (Phi) is 6.01. The number of phenolic OH excluding ortho intramolecular Hbond substituents is 1. The summed E-state index contributed by atoms with van der Waals surface area (Å²) in [5.74, 6) is -1.45. The molecule has 0 saturated heterocycles. The number of aromatic hydroxyl groups is 1. The molecule has 0 aliphatic carbocycles. The van der Waals surface area contributed by atoms with Crippen LogP contribution in [-0.4, -0.2) is 22.5 Å². The molecule has 8 heteroatoms. The Balaban J connectivity index is 2.08. The standard InChI is InChI=1S/C20H21F3N2O3/c1-19(2,3)25-18(28)13-5-4-6-15(9-13)24-17(27)10-12-7-8-14(11-16(12)26)20(21,22)23/h4-9,11,26H,10H2,1-3H3,(H,24,27)(H,25,28). The maximum Gasteiger partial charge on any atom is 0.416 e. The first kappa shape index (κ1) is 21.3. The molecule has 3 N–H and O–H groups in total. The Hall–Kier alpha value is -3.03. The Bertz CT molecular complexity index is 887. The Morgan fingerprint density at radius 2 is 1.71 bits per heavy atom. The van der Waals surface area contributed by atoms with Crippen molar-refractivity contribution in [3.8, 4) is 5.75 Å². The molecule has 2 aromatic rings. The number of carbonyl (C=O) groups is 2. The molecule has 0 fully saturated rings. The zero-order valence-electron chi connectivity index (χ0n) is 15.6. The summed E-state index contributed by atoms with van der Waals surface area (Å²) in [7, 11) is 0. The number of amides is 2. The number of phenols is 1. The predicted octanol–water partition coefficient (Wildman–Crippen LogP) is 4.12. The number of rotatable bonds is 4. The Morgan fingerprint density at radius 3 is 2.29 bits per heavy atom. The lowest BCUT2D eigenvalue weighted by molar-refractivity contribution is -0.137. The quantitative estimate of drug-likeness (QED) is 0.730. The van der Waals surface area contributed by atoms with Crippen molar-refractivity contribution in [2.45, 2.75) is 38.9 Å². The van der Waals surface area contributed by atoms with Crippen molar-refractivity contribution in [1.82, 2.24) is 5.32 Å². The van der Waals surface area contributed by atoms with E-state index in [4.69, 9.17) is 0 Å². The van der Waals surface area contributed by atoms with E-state index in [9.17, 15) is 27.9 Å². The van der Waals surface area contributed by atoms with Crippen LogP contribution in [-0.2, 0) is 17.4 Å². The van der Waals surface area contributed by atoms with Crippen LogP contribution >= 0.6 is 0 Å². The summed E-state index contributed by atoms with van der Waals surface area (Å²) in [6.07, 6.45) is -4.89. The van der Waals surface area contributed by atoms with Gasteiger partial charge in [0, 0.05) is 22.4 Å². The van der Waals surface area contributed by atoms with Crippen molar-refractivity contribution in [2.75, 3.05) is 5.32 Å². The van der Waals surface area contributed by atoms with E-state index in [1.165, 1.54) is 6.07 Å². The van der Waals surface area contributed by atoms with Gasteiger partial charge in [0.25, 0.3) is 5.91 Å². The second-order valence-electron chi connectivity index (χ2n) is 7.35. The van der Waals surface area contributed by atoms with Crippen LogP contribution in [0, 0.1) is 0 Å². The van der Waals surface area contributed by atoms with Crippen LogP contribution in [0.5, 0.6) is 5.75 Å². The number of nitrogens with one attached hydrogen (secondary N) is 2. The fraction of sp³-hybridized carbons (Fsp3) is 0.300. The smallest absolute Gasteiger partial charge is 0.416 e. The van der Waals surface area contributed by atoms with E-state index < -0.39 is 28.9 Å². The Morgan fingerprint density at radius 1 is 1.04 bits per heavy atom. The molecule has 2 aromatic carbocycles. The maximum atomic E-state index is 12.6. The number of alkyl halides is 3. The number of halogens is 3. The fourth-order valence-corrected chi connectivity index (χ4v) is 2.42. The van der Waals surface area contributed by atoms with Crippen molar-refractivity contribution in [1.29, 1.82) is 0 Å². The first-order valence-corrected chi connectivity index (χ1v) is 8.47. The van der Waals surface area contributed by atoms with E-state index in [2.05, 4.69) is 10.6 Å². The predicted molar refractivity (Wildman–Crippen MR) is 99.1 cm³/mol. The normalized spacial score (nSPS) is 11.8. The number of benzene rings is 2. The molecule has 2 amide bonds. The SMILES string of the molecule is CC(C)(C)NC(=O)c1cccc(NC(=O)Cc2ccc(C(F)(F)F)cc2O)c1. The maximum absolute atomic E-state index is 12.6. The molecule has 28 heavy (non-hydrogen) atoms. The largest absolute Gasteiger partial charge is 0.508 e. The zero-order chi connectivity index (χ0) is 21.1. The van der Waals surface area contributed by atoms with Gasteiger partial charge in [-0.15, -0.1) is 0 Å². The molecule has 2 rings (SSSR count). The van der Waals surface area contributed by atoms with Gasteiger partial charge in [0.05, 0.1) is 12.0 Å². The van der Waals surface area contributed by atoms with Gasteiger partial charge in [-0.3, -0.25) is 9.59 Å². The van der Waals surface area contributed by atoms with Gasteiger partial charge in [-0.2, -0.15) is 13.2 Å². The molecule has 0 atom stereocenters. The lowest BCUT2D eigenvalue weighted by atomic mass is 10.1. The summed E-state index contributed by atoms with van der Waals surface area (Å²) < 4.78 is 37.9. The van der Waals surface area contributed by atoms with E-state index in [0.29, 0.717) is 17.3 Å². The fourth-order valence-electron chi connectivity index (χ4n) is 2.42. The summed E-state index contributed by atoms with van der Waals surface area (Å²) in [5.41, 5.74) is -0.641. The Labute approximate surface area is 160 Å². The molecular weight excluding hydrogens is 373 g/mol. The molecule has 0 aromatic heterocycles. The molecular formula is C20H21F3N2O3. The van der Waals surface area contributed by atoms with Crippen LogP contribution in [0.25, 0.3) is 0 Å². The van der Waals surface area contributed by atoms with Gasteiger partial charge in [0.1, 0.15) is 5.75 Å². The molecule has 0 radical (unpaired) electrons. The van der Waals surface area contributed by atoms with Crippen LogP contribution in [0.1, 0.15) is 42.3 Å². The molecule has 5 nitrogen and oxygen atoms in total. The van der Waals surface area contributed by atoms with Crippen molar-refractivity contribution in [2.24, 2.45) is 0 Å². The molecule has 0 heterocycles. The van der Waals surface area contributed by atoms with E-state index in [-0.39, 0.29) is 17.9 Å². The summed E-state index contributed by atoms with van der Waals surface area (Å²) in [4.78, 5) is 24.4. The third-order valence-corrected chi connectivity index (χ3v) is 3.66. The summed E-state index contributed by atoms with van der Waals surface area (Å²) in [6.45, 7) is 5.52. The van der Waals surface area contributed by atoms with Crippen LogP contribution in [0.15, 0.2) is 42.5 Å². The highest BCUT2D eigenvalue weighted by Gasteiger charge is 2.31. The number of carbonyl (C=O) groups excluding carboxylic acids is 2. The number of hydrogen-bond acceptors (Lipinski definition) is 3. The van der Waals surface area contributed by atoms with Gasteiger partial charge in [-0.05, 0) is 51.1 Å². The van der Waals surface area contributed by atoms with Gasteiger partial charge in [-0.1, -0.05) is 12.1 Å². The van der Waals surface area contributed by atoms with E-state index in [0.717, 1.165) is 12.1 Å². The third-order valence-electron chi connectivity index (χ3n) is 3.66. The van der Waals surface area contributed by atoms with Crippen LogP contribution in [0.2, 0.25) is 0 Å². The molecule has 150 valence electrons. The van der Waals surface area contributed by atoms with Gasteiger partial charge < -0.3 is 15.7 Å². The van der Waals surface area contributed by atoms with E-state index >= 15 is 0 Å². The van der Waals surface area contributed by atoms with Gasteiger partial charge >= 0.3 is 6.18 Å². The highest BCUT2D eigenvalue weighted by molar-refractivity contribution is 5.98.